The van der Waals surface area contributed by atoms with E-state index in [4.69, 9.17) is 0 Å². The number of rotatable bonds is 1. The molecular weight excluding hydrogens is 280 g/mol. The Kier molecular flexibility index (Phi) is 2.69. The van der Waals surface area contributed by atoms with E-state index in [0.29, 0.717) is 18.1 Å². The van der Waals surface area contributed by atoms with Crippen molar-refractivity contribution in [3.8, 4) is 0 Å². The maximum Gasteiger partial charge on any atom is 0.144 e. The molecule has 0 aromatic heterocycles. The first-order valence-corrected chi connectivity index (χ1v) is 8.94. The molecule has 0 saturated heterocycles. The zero-order chi connectivity index (χ0) is 15.6. The first kappa shape index (κ1) is 13.5. The van der Waals surface area contributed by atoms with E-state index in [2.05, 4.69) is 43.3 Å². The summed E-state index contributed by atoms with van der Waals surface area (Å²) < 4.78 is 0. The van der Waals surface area contributed by atoms with E-state index in [1.165, 1.54) is 33.9 Å². The smallest absolute Gasteiger partial charge is 0.144 e. The lowest BCUT2D eigenvalue weighted by Crippen LogP contribution is -2.42. The number of benzene rings is 2. The maximum atomic E-state index is 13.0. The number of fused-ring (bicyclic) bond motifs is 5. The Bertz CT molecular complexity index is 873. The van der Waals surface area contributed by atoms with Crippen LogP contribution in [-0.2, 0) is 24.1 Å². The average molecular weight is 302 g/mol. The van der Waals surface area contributed by atoms with Gasteiger partial charge >= 0.3 is 0 Å². The Morgan fingerprint density at radius 3 is 2.83 bits per heavy atom. The lowest BCUT2D eigenvalue weighted by molar-refractivity contribution is -0.131. The molecule has 3 aliphatic carbocycles. The minimum Gasteiger partial charge on any atom is -0.299 e. The van der Waals surface area contributed by atoms with Crippen molar-refractivity contribution in [3.05, 3.63) is 58.7 Å². The van der Waals surface area contributed by atoms with Gasteiger partial charge in [-0.3, -0.25) is 4.79 Å². The van der Waals surface area contributed by atoms with Gasteiger partial charge in [-0.2, -0.15) is 0 Å². The van der Waals surface area contributed by atoms with Crippen LogP contribution in [0, 0.1) is 11.3 Å². The average Bonchev–Trinajstić information content (AvgIpc) is 3.15. The highest BCUT2D eigenvalue weighted by Crippen LogP contribution is 2.57. The molecule has 23 heavy (non-hydrogen) atoms. The Morgan fingerprint density at radius 1 is 1.17 bits per heavy atom. The van der Waals surface area contributed by atoms with Crippen LogP contribution in [0.1, 0.15) is 42.9 Å². The molecule has 1 heteroatoms. The minimum absolute atomic E-state index is 0.0624. The zero-order valence-corrected chi connectivity index (χ0v) is 13.7. The Balaban J connectivity index is 1.65. The van der Waals surface area contributed by atoms with Gasteiger partial charge in [-0.25, -0.2) is 0 Å². The summed E-state index contributed by atoms with van der Waals surface area (Å²) in [7, 11) is 0. The highest BCUT2D eigenvalue weighted by Gasteiger charge is 2.53. The molecule has 2 unspecified atom stereocenters. The fourth-order valence-corrected chi connectivity index (χ4v) is 5.35. The van der Waals surface area contributed by atoms with Crippen LogP contribution >= 0.6 is 0 Å². The van der Waals surface area contributed by atoms with Crippen LogP contribution in [0.5, 0.6) is 0 Å². The van der Waals surface area contributed by atoms with E-state index in [9.17, 15) is 4.79 Å². The normalized spacial score (nSPS) is 28.5. The molecule has 1 fully saturated rings. The summed E-state index contributed by atoms with van der Waals surface area (Å²) in [5.74, 6) is 1.09. The van der Waals surface area contributed by atoms with Gasteiger partial charge in [-0.1, -0.05) is 48.9 Å². The summed E-state index contributed by atoms with van der Waals surface area (Å²) in [6, 6.07) is 11.3. The number of carbonyl (C=O) groups excluding carboxylic acids is 1. The van der Waals surface area contributed by atoms with Crippen molar-refractivity contribution >= 4 is 16.6 Å². The van der Waals surface area contributed by atoms with Crippen molar-refractivity contribution in [1.29, 1.82) is 0 Å². The van der Waals surface area contributed by atoms with Crippen molar-refractivity contribution in [2.24, 2.45) is 11.3 Å². The van der Waals surface area contributed by atoms with E-state index in [1.54, 1.807) is 5.57 Å². The number of aryl methyl sites for hydroxylation is 1. The molecule has 1 spiro atoms. The molecule has 2 aromatic carbocycles. The molecule has 2 bridgehead atoms. The molecule has 3 aliphatic rings. The van der Waals surface area contributed by atoms with Crippen molar-refractivity contribution in [1.82, 2.24) is 0 Å². The predicted molar refractivity (Wildman–Crippen MR) is 93.6 cm³/mol. The van der Waals surface area contributed by atoms with Crippen LogP contribution in [-0.4, -0.2) is 5.78 Å². The lowest BCUT2D eigenvalue weighted by atomic mass is 9.63. The Labute approximate surface area is 137 Å². The summed E-state index contributed by atoms with van der Waals surface area (Å²) in [6.45, 7) is 2.21. The van der Waals surface area contributed by atoms with E-state index >= 15 is 0 Å². The molecular formula is C22H22O. The monoisotopic (exact) mass is 302 g/mol. The fraction of sp³-hybridized carbons (Fsp3) is 0.409. The molecule has 5 rings (SSSR count). The second-order valence-electron chi connectivity index (χ2n) is 7.72. The zero-order valence-electron chi connectivity index (χ0n) is 13.7. The van der Waals surface area contributed by atoms with Gasteiger partial charge in [-0.05, 0) is 65.5 Å². The Hall–Kier alpha value is -1.89. The second kappa shape index (κ2) is 4.56. The first-order chi connectivity index (χ1) is 11.2. The maximum absolute atomic E-state index is 13.0. The van der Waals surface area contributed by atoms with Gasteiger partial charge in [0.15, 0.2) is 0 Å². The third-order valence-electron chi connectivity index (χ3n) is 6.61. The standard InChI is InChI=1S/C22H22O/c1-2-15-4-3-5-16-9-18-13-22(12-14-6-7-19(22)8-14)21(23)11-17(18)10-20(15)16/h3-6,9-10,19H,2,7-8,11-13H2,1H3. The van der Waals surface area contributed by atoms with E-state index < -0.39 is 0 Å². The molecule has 1 nitrogen and oxygen atoms in total. The number of carbonyl (C=O) groups is 1. The summed E-state index contributed by atoms with van der Waals surface area (Å²) >= 11 is 0. The van der Waals surface area contributed by atoms with Gasteiger partial charge in [0.1, 0.15) is 5.78 Å². The van der Waals surface area contributed by atoms with Gasteiger partial charge < -0.3 is 0 Å². The third kappa shape index (κ3) is 1.77. The molecule has 2 aromatic rings. The third-order valence-corrected chi connectivity index (χ3v) is 6.61. The quantitative estimate of drug-likeness (QED) is 0.692. The Morgan fingerprint density at radius 2 is 2.09 bits per heavy atom. The summed E-state index contributed by atoms with van der Waals surface area (Å²) in [5.41, 5.74) is 5.58. The SMILES string of the molecule is CCc1cccc2cc3c(cc12)CC(=O)C1(CC2=CCC1C2)C3. The van der Waals surface area contributed by atoms with Crippen LogP contribution in [0.15, 0.2) is 42.0 Å². The number of hydrogen-bond donors (Lipinski definition) is 0. The van der Waals surface area contributed by atoms with Crippen LogP contribution < -0.4 is 0 Å². The number of ketones is 1. The molecule has 0 aliphatic heterocycles. The largest absolute Gasteiger partial charge is 0.299 e. The van der Waals surface area contributed by atoms with Crippen molar-refractivity contribution in [2.75, 3.05) is 0 Å². The van der Waals surface area contributed by atoms with Gasteiger partial charge in [0.25, 0.3) is 0 Å². The fourth-order valence-electron chi connectivity index (χ4n) is 5.35. The first-order valence-electron chi connectivity index (χ1n) is 8.94. The van der Waals surface area contributed by atoms with Crippen molar-refractivity contribution < 1.29 is 4.79 Å². The van der Waals surface area contributed by atoms with Gasteiger partial charge in [-0.15, -0.1) is 0 Å². The molecule has 0 N–H and O–H groups in total. The van der Waals surface area contributed by atoms with Gasteiger partial charge in [0.05, 0.1) is 0 Å². The van der Waals surface area contributed by atoms with E-state index in [1.807, 2.05) is 0 Å². The van der Waals surface area contributed by atoms with Crippen LogP contribution in [0.4, 0.5) is 0 Å². The number of Topliss-reactive ketones (excluding diaryl/α,β-unsaturated/α-hetero) is 1. The van der Waals surface area contributed by atoms with Gasteiger partial charge in [0, 0.05) is 11.8 Å². The summed E-state index contributed by atoms with van der Waals surface area (Å²) in [5, 5.41) is 2.68. The predicted octanol–water partition coefficient (Wildman–Crippen LogP) is 4.80. The molecule has 0 radical (unpaired) electrons. The molecule has 116 valence electrons. The molecule has 0 amide bonds. The topological polar surface area (TPSA) is 17.1 Å². The highest BCUT2D eigenvalue weighted by molar-refractivity contribution is 5.94. The van der Waals surface area contributed by atoms with Crippen molar-refractivity contribution in [2.45, 2.75) is 45.4 Å². The van der Waals surface area contributed by atoms with Crippen LogP contribution in [0.3, 0.4) is 0 Å². The highest BCUT2D eigenvalue weighted by atomic mass is 16.1. The second-order valence-corrected chi connectivity index (χ2v) is 7.72. The van der Waals surface area contributed by atoms with E-state index in [0.717, 1.165) is 25.7 Å². The van der Waals surface area contributed by atoms with E-state index in [-0.39, 0.29) is 5.41 Å². The summed E-state index contributed by atoms with van der Waals surface area (Å²) in [6.07, 6.45) is 8.38. The number of allylic oxidation sites excluding steroid dienone is 2. The minimum atomic E-state index is -0.0624. The molecule has 0 heterocycles. The van der Waals surface area contributed by atoms with Gasteiger partial charge in [0.2, 0.25) is 0 Å². The summed E-state index contributed by atoms with van der Waals surface area (Å²) in [4.78, 5) is 13.0. The molecule has 2 atom stereocenters. The van der Waals surface area contributed by atoms with Crippen LogP contribution in [0.25, 0.3) is 10.8 Å². The van der Waals surface area contributed by atoms with Crippen molar-refractivity contribution in [3.63, 3.8) is 0 Å². The lowest BCUT2D eigenvalue weighted by Gasteiger charge is -2.39. The molecule has 1 saturated carbocycles. The van der Waals surface area contributed by atoms with Crippen LogP contribution in [0.2, 0.25) is 0 Å². The number of hydrogen-bond acceptors (Lipinski definition) is 1.